The van der Waals surface area contributed by atoms with Gasteiger partial charge in [-0.3, -0.25) is 4.79 Å². The molecule has 2 saturated heterocycles. The van der Waals surface area contributed by atoms with Crippen LogP contribution >= 0.6 is 0 Å². The van der Waals surface area contributed by atoms with Crippen LogP contribution in [0.3, 0.4) is 0 Å². The largest absolute Gasteiger partial charge is 0.383 e. The number of fused-ring (bicyclic) bond motifs is 1. The van der Waals surface area contributed by atoms with Crippen molar-refractivity contribution in [2.45, 2.75) is 17.7 Å². The van der Waals surface area contributed by atoms with Crippen molar-refractivity contribution in [2.75, 3.05) is 19.6 Å². The second-order valence-corrected chi connectivity index (χ2v) is 3.44. The smallest absolute Gasteiger partial charge is 0.261 e. The zero-order valence-electron chi connectivity index (χ0n) is 6.56. The molecular weight excluding hydrogens is 163 g/mol. The zero-order valence-corrected chi connectivity index (χ0v) is 6.56. The van der Waals surface area contributed by atoms with Crippen molar-refractivity contribution in [1.29, 1.82) is 0 Å². The number of nitrogens with one attached hydrogen (secondary N) is 2. The summed E-state index contributed by atoms with van der Waals surface area (Å²) in [6, 6.07) is 0. The minimum Gasteiger partial charge on any atom is -0.383 e. The molecule has 0 bridgehead atoms. The van der Waals surface area contributed by atoms with Crippen molar-refractivity contribution in [3.05, 3.63) is 0 Å². The fraction of sp³-hybridized carbons (Fsp3) is 0.857. The Morgan fingerprint density at radius 2 is 2.25 bits per heavy atom. The average Bonchev–Trinajstić information content (AvgIpc) is 2.28. The lowest BCUT2D eigenvalue weighted by Crippen LogP contribution is -2.62. The predicted molar refractivity (Wildman–Crippen MR) is 39.3 cm³/mol. The molecule has 2 aliphatic rings. The van der Waals surface area contributed by atoms with Crippen LogP contribution in [0.5, 0.6) is 0 Å². The number of aliphatic hydroxyl groups is 1. The van der Waals surface area contributed by atoms with Gasteiger partial charge in [0.15, 0.2) is 0 Å². The Balaban J connectivity index is 2.35. The first kappa shape index (κ1) is 7.94. The van der Waals surface area contributed by atoms with Crippen molar-refractivity contribution < 1.29 is 14.3 Å². The molecule has 2 rings (SSSR count). The monoisotopic (exact) mass is 174 g/mol. The van der Waals surface area contributed by atoms with E-state index >= 15 is 0 Å². The van der Waals surface area contributed by atoms with Crippen LogP contribution in [0, 0.1) is 0 Å². The van der Waals surface area contributed by atoms with E-state index < -0.39 is 17.2 Å². The first-order valence-corrected chi connectivity index (χ1v) is 3.99. The molecule has 0 aromatic carbocycles. The van der Waals surface area contributed by atoms with Crippen LogP contribution in [-0.2, 0) is 4.79 Å². The minimum atomic E-state index is -2.07. The summed E-state index contributed by atoms with van der Waals surface area (Å²) in [5.74, 6) is -0.675. The van der Waals surface area contributed by atoms with Crippen molar-refractivity contribution in [2.24, 2.45) is 0 Å². The van der Waals surface area contributed by atoms with Crippen LogP contribution in [0.1, 0.15) is 6.42 Å². The van der Waals surface area contributed by atoms with Crippen LogP contribution in [0.15, 0.2) is 0 Å². The highest BCUT2D eigenvalue weighted by Gasteiger charge is 2.62. The summed E-state index contributed by atoms with van der Waals surface area (Å²) in [6.45, 7) is 0.587. The molecule has 2 fully saturated rings. The number of alkyl halides is 1. The molecule has 2 aliphatic heterocycles. The van der Waals surface area contributed by atoms with E-state index in [2.05, 4.69) is 10.6 Å². The Bertz CT molecular complexity index is 235. The van der Waals surface area contributed by atoms with Crippen LogP contribution in [0.25, 0.3) is 0 Å². The van der Waals surface area contributed by atoms with Gasteiger partial charge in [0.25, 0.3) is 5.91 Å². The SMILES string of the molecule is O=C1NCC2(O)CNCCC12F. The number of β-amino-alcohol motifs (C(OH)–C–C–N with tert-alkyl or cyclic N) is 1. The predicted octanol–water partition coefficient (Wildman–Crippen LogP) is -1.45. The molecule has 4 nitrogen and oxygen atoms in total. The Kier molecular flexibility index (Phi) is 1.44. The molecule has 0 aromatic rings. The fourth-order valence-corrected chi connectivity index (χ4v) is 1.82. The normalized spacial score (nSPS) is 47.0. The maximum atomic E-state index is 13.8. The van der Waals surface area contributed by atoms with E-state index in [4.69, 9.17) is 0 Å². The summed E-state index contributed by atoms with van der Waals surface area (Å²) < 4.78 is 13.8. The standard InChI is InChI=1S/C7H11FN2O2/c8-7-1-2-9-3-6(7,12)4-10-5(7)11/h9,12H,1-4H2,(H,10,11). The second-order valence-electron chi connectivity index (χ2n) is 3.44. The third-order valence-electron chi connectivity index (χ3n) is 2.70. The minimum absolute atomic E-state index is 0.00926. The van der Waals surface area contributed by atoms with Crippen LogP contribution in [0.2, 0.25) is 0 Å². The van der Waals surface area contributed by atoms with Crippen molar-refractivity contribution in [3.8, 4) is 0 Å². The Morgan fingerprint density at radius 1 is 1.50 bits per heavy atom. The molecule has 0 radical (unpaired) electrons. The van der Waals surface area contributed by atoms with Gasteiger partial charge >= 0.3 is 0 Å². The lowest BCUT2D eigenvalue weighted by atomic mass is 9.82. The van der Waals surface area contributed by atoms with E-state index in [1.807, 2.05) is 0 Å². The molecule has 2 heterocycles. The number of hydrogen-bond donors (Lipinski definition) is 3. The van der Waals surface area contributed by atoms with Gasteiger partial charge in [0.1, 0.15) is 5.60 Å². The van der Waals surface area contributed by atoms with Gasteiger partial charge in [-0.05, 0) is 6.54 Å². The molecule has 0 saturated carbocycles. The number of carbonyl (C=O) groups excluding carboxylic acids is 1. The highest BCUT2D eigenvalue weighted by molar-refractivity contribution is 5.89. The maximum absolute atomic E-state index is 13.8. The maximum Gasteiger partial charge on any atom is 0.261 e. The van der Waals surface area contributed by atoms with E-state index in [1.54, 1.807) is 0 Å². The van der Waals surface area contributed by atoms with Crippen molar-refractivity contribution in [1.82, 2.24) is 10.6 Å². The van der Waals surface area contributed by atoms with Gasteiger partial charge < -0.3 is 15.7 Å². The molecule has 0 spiro atoms. The van der Waals surface area contributed by atoms with Crippen LogP contribution in [0.4, 0.5) is 4.39 Å². The van der Waals surface area contributed by atoms with Gasteiger partial charge in [0.2, 0.25) is 5.67 Å². The van der Waals surface area contributed by atoms with Crippen LogP contribution < -0.4 is 10.6 Å². The number of carbonyl (C=O) groups is 1. The number of piperidine rings is 1. The molecule has 0 aromatic heterocycles. The highest BCUT2D eigenvalue weighted by Crippen LogP contribution is 2.36. The molecule has 1 amide bonds. The van der Waals surface area contributed by atoms with Gasteiger partial charge in [0.05, 0.1) is 6.54 Å². The molecule has 2 unspecified atom stereocenters. The topological polar surface area (TPSA) is 61.4 Å². The summed E-state index contributed by atoms with van der Waals surface area (Å²) >= 11 is 0. The summed E-state index contributed by atoms with van der Waals surface area (Å²) in [6.07, 6.45) is 0.0509. The lowest BCUT2D eigenvalue weighted by Gasteiger charge is -2.37. The molecule has 68 valence electrons. The highest BCUT2D eigenvalue weighted by atomic mass is 19.1. The Labute approximate surface area is 69.1 Å². The number of amides is 1. The molecule has 0 aliphatic carbocycles. The zero-order chi connectivity index (χ0) is 8.82. The van der Waals surface area contributed by atoms with E-state index in [1.165, 1.54) is 0 Å². The second kappa shape index (κ2) is 2.17. The molecule has 5 heteroatoms. The molecule has 12 heavy (non-hydrogen) atoms. The third-order valence-corrected chi connectivity index (χ3v) is 2.70. The quantitative estimate of drug-likeness (QED) is 0.421. The summed E-state index contributed by atoms with van der Waals surface area (Å²) in [7, 11) is 0. The van der Waals surface area contributed by atoms with E-state index in [-0.39, 0.29) is 19.5 Å². The van der Waals surface area contributed by atoms with Gasteiger partial charge in [-0.1, -0.05) is 0 Å². The van der Waals surface area contributed by atoms with Gasteiger partial charge in [-0.2, -0.15) is 0 Å². The lowest BCUT2D eigenvalue weighted by molar-refractivity contribution is -0.144. The number of rotatable bonds is 0. The van der Waals surface area contributed by atoms with E-state index in [0.717, 1.165) is 0 Å². The summed E-state index contributed by atoms with van der Waals surface area (Å²) in [5.41, 5.74) is -3.61. The number of hydrogen-bond acceptors (Lipinski definition) is 3. The van der Waals surface area contributed by atoms with E-state index in [0.29, 0.717) is 6.54 Å². The average molecular weight is 174 g/mol. The third kappa shape index (κ3) is 0.750. The van der Waals surface area contributed by atoms with E-state index in [9.17, 15) is 14.3 Å². The molecule has 2 atom stereocenters. The van der Waals surface area contributed by atoms with Crippen molar-refractivity contribution >= 4 is 5.91 Å². The van der Waals surface area contributed by atoms with Gasteiger partial charge in [-0.25, -0.2) is 4.39 Å². The fourth-order valence-electron chi connectivity index (χ4n) is 1.82. The molecular formula is C7H11FN2O2. The first-order valence-electron chi connectivity index (χ1n) is 3.99. The Hall–Kier alpha value is -0.680. The van der Waals surface area contributed by atoms with Crippen LogP contribution in [-0.4, -0.2) is 41.9 Å². The Morgan fingerprint density at radius 3 is 2.92 bits per heavy atom. The van der Waals surface area contributed by atoms with Crippen molar-refractivity contribution in [3.63, 3.8) is 0 Å². The number of halogens is 1. The van der Waals surface area contributed by atoms with Gasteiger partial charge in [0, 0.05) is 13.0 Å². The van der Waals surface area contributed by atoms with Gasteiger partial charge in [-0.15, -0.1) is 0 Å². The first-order chi connectivity index (χ1) is 5.58. The summed E-state index contributed by atoms with van der Waals surface area (Å²) in [5, 5.41) is 14.9. The summed E-state index contributed by atoms with van der Waals surface area (Å²) in [4.78, 5) is 11.1. The molecule has 3 N–H and O–H groups in total.